The fourth-order valence-electron chi connectivity index (χ4n) is 5.11. The molecule has 162 valence electrons. The molecule has 4 nitrogen and oxygen atoms in total. The predicted molar refractivity (Wildman–Crippen MR) is 117 cm³/mol. The molecule has 1 aromatic heterocycles. The highest BCUT2D eigenvalue weighted by atomic mass is 19.2. The Hall–Kier alpha value is -2.73. The van der Waals surface area contributed by atoms with Crippen molar-refractivity contribution in [3.63, 3.8) is 0 Å². The number of hydrogen-bond acceptors (Lipinski definition) is 2. The van der Waals surface area contributed by atoms with Gasteiger partial charge in [-0.15, -0.1) is 0 Å². The van der Waals surface area contributed by atoms with Crippen molar-refractivity contribution < 1.29 is 13.6 Å². The lowest BCUT2D eigenvalue weighted by Crippen LogP contribution is -2.51. The first-order valence-electron chi connectivity index (χ1n) is 11.2. The average Bonchev–Trinajstić information content (AvgIpc) is 3.47. The van der Waals surface area contributed by atoms with Gasteiger partial charge in [0, 0.05) is 61.4 Å². The summed E-state index contributed by atoms with van der Waals surface area (Å²) in [6.07, 6.45) is 7.14. The molecule has 0 bridgehead atoms. The van der Waals surface area contributed by atoms with Gasteiger partial charge in [0.1, 0.15) is 0 Å². The molecule has 1 aliphatic heterocycles. The molecular formula is C25H27F2N3O. The number of amides is 1. The van der Waals surface area contributed by atoms with Gasteiger partial charge in [-0.1, -0.05) is 25.0 Å². The number of carbonyl (C=O) groups is 1. The lowest BCUT2D eigenvalue weighted by Gasteiger charge is -2.38. The zero-order valence-corrected chi connectivity index (χ0v) is 17.6. The number of rotatable bonds is 4. The first kappa shape index (κ1) is 20.2. The Kier molecular flexibility index (Phi) is 5.48. The van der Waals surface area contributed by atoms with Gasteiger partial charge in [-0.2, -0.15) is 0 Å². The van der Waals surface area contributed by atoms with E-state index in [0.717, 1.165) is 43.1 Å². The maximum Gasteiger partial charge on any atom is 0.254 e. The molecule has 5 rings (SSSR count). The number of carbonyl (C=O) groups excluding carboxylic acids is 1. The van der Waals surface area contributed by atoms with Gasteiger partial charge in [0.05, 0.1) is 0 Å². The molecule has 6 heteroatoms. The van der Waals surface area contributed by atoms with E-state index in [0.29, 0.717) is 23.7 Å². The van der Waals surface area contributed by atoms with E-state index in [4.69, 9.17) is 0 Å². The summed E-state index contributed by atoms with van der Waals surface area (Å²) < 4.78 is 28.8. The molecule has 2 fully saturated rings. The van der Waals surface area contributed by atoms with Crippen molar-refractivity contribution in [3.8, 4) is 0 Å². The molecule has 0 unspecified atom stereocenters. The van der Waals surface area contributed by atoms with Gasteiger partial charge < -0.3 is 9.47 Å². The maximum atomic E-state index is 13.6. The summed E-state index contributed by atoms with van der Waals surface area (Å²) in [4.78, 5) is 17.8. The Balaban J connectivity index is 1.33. The van der Waals surface area contributed by atoms with Gasteiger partial charge in [0.15, 0.2) is 11.6 Å². The van der Waals surface area contributed by atoms with Gasteiger partial charge >= 0.3 is 0 Å². The molecule has 2 aromatic carbocycles. The van der Waals surface area contributed by atoms with Crippen molar-refractivity contribution in [2.24, 2.45) is 0 Å². The van der Waals surface area contributed by atoms with Gasteiger partial charge in [-0.3, -0.25) is 9.69 Å². The highest BCUT2D eigenvalue weighted by Gasteiger charge is 2.28. The van der Waals surface area contributed by atoms with Crippen molar-refractivity contribution in [2.45, 2.75) is 38.3 Å². The number of benzene rings is 2. The summed E-state index contributed by atoms with van der Waals surface area (Å²) in [5, 5.41) is 0.897. The van der Waals surface area contributed by atoms with Crippen LogP contribution >= 0.6 is 0 Å². The molecule has 0 atom stereocenters. The Morgan fingerprint density at radius 3 is 2.45 bits per heavy atom. The normalized spacial score (nSPS) is 18.2. The Labute approximate surface area is 181 Å². The molecule has 1 aliphatic carbocycles. The van der Waals surface area contributed by atoms with Crippen molar-refractivity contribution in [1.29, 1.82) is 0 Å². The SMILES string of the molecule is O=C(c1cccc2c1ccn2Cc1ccc(F)c(F)c1)N1CCN(C2CCCC2)CC1. The number of halogens is 2. The van der Waals surface area contributed by atoms with Crippen LogP contribution in [0, 0.1) is 11.6 Å². The lowest BCUT2D eigenvalue weighted by molar-refractivity contribution is 0.0575. The second-order valence-corrected chi connectivity index (χ2v) is 8.70. The van der Waals surface area contributed by atoms with E-state index < -0.39 is 11.6 Å². The molecule has 3 aromatic rings. The van der Waals surface area contributed by atoms with Gasteiger partial charge in [0.2, 0.25) is 0 Å². The number of fused-ring (bicyclic) bond motifs is 1. The molecule has 2 heterocycles. The Morgan fingerprint density at radius 1 is 0.935 bits per heavy atom. The lowest BCUT2D eigenvalue weighted by atomic mass is 10.1. The molecule has 0 spiro atoms. The molecule has 1 saturated carbocycles. The van der Waals surface area contributed by atoms with Crippen molar-refractivity contribution >= 4 is 16.8 Å². The smallest absolute Gasteiger partial charge is 0.254 e. The largest absolute Gasteiger partial charge is 0.343 e. The predicted octanol–water partition coefficient (Wildman–Crippen LogP) is 4.67. The van der Waals surface area contributed by atoms with E-state index in [1.165, 1.54) is 31.7 Å². The first-order valence-corrected chi connectivity index (χ1v) is 11.2. The number of nitrogens with zero attached hydrogens (tertiary/aromatic N) is 3. The number of aromatic nitrogens is 1. The summed E-state index contributed by atoms with van der Waals surface area (Å²) >= 11 is 0. The second-order valence-electron chi connectivity index (χ2n) is 8.70. The first-order chi connectivity index (χ1) is 15.1. The molecule has 31 heavy (non-hydrogen) atoms. The van der Waals surface area contributed by atoms with Crippen LogP contribution in [-0.2, 0) is 6.54 Å². The molecular weight excluding hydrogens is 396 g/mol. The fourth-order valence-corrected chi connectivity index (χ4v) is 5.11. The topological polar surface area (TPSA) is 28.5 Å². The molecule has 1 saturated heterocycles. The fraction of sp³-hybridized carbons (Fsp3) is 0.400. The van der Waals surface area contributed by atoms with E-state index in [2.05, 4.69) is 4.90 Å². The summed E-state index contributed by atoms with van der Waals surface area (Å²) in [5.41, 5.74) is 2.30. The molecule has 1 amide bonds. The third kappa shape index (κ3) is 3.97. The highest BCUT2D eigenvalue weighted by molar-refractivity contribution is 6.06. The highest BCUT2D eigenvalue weighted by Crippen LogP contribution is 2.26. The third-order valence-electron chi connectivity index (χ3n) is 6.82. The van der Waals surface area contributed by atoms with Crippen LogP contribution in [0.3, 0.4) is 0 Å². The monoisotopic (exact) mass is 423 g/mol. The van der Waals surface area contributed by atoms with Crippen LogP contribution in [0.4, 0.5) is 8.78 Å². The summed E-state index contributed by atoms with van der Waals surface area (Å²) in [6, 6.07) is 12.3. The minimum absolute atomic E-state index is 0.0715. The number of hydrogen-bond donors (Lipinski definition) is 0. The zero-order valence-electron chi connectivity index (χ0n) is 17.6. The Bertz CT molecular complexity index is 1100. The standard InChI is InChI=1S/C25H27F2N3O/c26-22-9-8-18(16-23(22)27)17-30-11-10-20-21(6-3-7-24(20)30)25(31)29-14-12-28(13-15-29)19-4-1-2-5-19/h3,6-11,16,19H,1-2,4-5,12-15,17H2. The molecule has 2 aliphatic rings. The van der Waals surface area contributed by atoms with Crippen molar-refractivity contribution in [2.75, 3.05) is 26.2 Å². The van der Waals surface area contributed by atoms with Crippen molar-refractivity contribution in [1.82, 2.24) is 14.4 Å². The van der Waals surface area contributed by atoms with E-state index in [1.807, 2.05) is 39.9 Å². The zero-order chi connectivity index (χ0) is 21.4. The minimum atomic E-state index is -0.846. The van der Waals surface area contributed by atoms with Crippen LogP contribution in [0.1, 0.15) is 41.6 Å². The van der Waals surface area contributed by atoms with Crippen LogP contribution in [0.2, 0.25) is 0 Å². The van der Waals surface area contributed by atoms with Crippen LogP contribution in [0.15, 0.2) is 48.7 Å². The Morgan fingerprint density at radius 2 is 1.71 bits per heavy atom. The summed E-state index contributed by atoms with van der Waals surface area (Å²) in [7, 11) is 0. The van der Waals surface area contributed by atoms with Crippen LogP contribution in [0.5, 0.6) is 0 Å². The summed E-state index contributed by atoms with van der Waals surface area (Å²) in [5.74, 6) is -1.62. The second kappa shape index (κ2) is 8.42. The number of piperazine rings is 1. The van der Waals surface area contributed by atoms with Crippen molar-refractivity contribution in [3.05, 3.63) is 71.4 Å². The summed E-state index contributed by atoms with van der Waals surface area (Å²) in [6.45, 7) is 3.84. The molecule has 0 radical (unpaired) electrons. The third-order valence-corrected chi connectivity index (χ3v) is 6.82. The van der Waals surface area contributed by atoms with Gasteiger partial charge in [-0.25, -0.2) is 8.78 Å². The van der Waals surface area contributed by atoms with E-state index in [-0.39, 0.29) is 5.91 Å². The van der Waals surface area contributed by atoms with E-state index in [9.17, 15) is 13.6 Å². The maximum absolute atomic E-state index is 13.6. The van der Waals surface area contributed by atoms with Crippen LogP contribution in [-0.4, -0.2) is 52.5 Å². The van der Waals surface area contributed by atoms with E-state index in [1.54, 1.807) is 6.07 Å². The molecule has 0 N–H and O–H groups in total. The van der Waals surface area contributed by atoms with E-state index >= 15 is 0 Å². The van der Waals surface area contributed by atoms with Crippen LogP contribution < -0.4 is 0 Å². The van der Waals surface area contributed by atoms with Crippen LogP contribution in [0.25, 0.3) is 10.9 Å². The van der Waals surface area contributed by atoms with Gasteiger partial charge in [-0.05, 0) is 48.7 Å². The minimum Gasteiger partial charge on any atom is -0.343 e. The van der Waals surface area contributed by atoms with Gasteiger partial charge in [0.25, 0.3) is 5.91 Å². The average molecular weight is 424 g/mol. The quantitative estimate of drug-likeness (QED) is 0.610.